The monoisotopic (exact) mass is 322 g/mol. The maximum atomic E-state index is 13.0. The number of amides is 1. The summed E-state index contributed by atoms with van der Waals surface area (Å²) >= 11 is 0. The van der Waals surface area contributed by atoms with Crippen molar-refractivity contribution in [3.63, 3.8) is 0 Å². The fourth-order valence-electron chi connectivity index (χ4n) is 3.21. The largest absolute Gasteiger partial charge is 0.396 e. The number of carbonyl (C=O) groups excluding carboxylic acids is 1. The van der Waals surface area contributed by atoms with Crippen LogP contribution in [0, 0.1) is 5.82 Å². The molecular formula is C18H27FN2O2. The number of rotatable bonds is 6. The second kappa shape index (κ2) is 8.41. The molecule has 1 aromatic carbocycles. The molecule has 1 fully saturated rings. The van der Waals surface area contributed by atoms with Gasteiger partial charge in [-0.3, -0.25) is 9.69 Å². The summed E-state index contributed by atoms with van der Waals surface area (Å²) in [7, 11) is 1.79. The van der Waals surface area contributed by atoms with Crippen LogP contribution in [0.25, 0.3) is 0 Å². The fourth-order valence-corrected chi connectivity index (χ4v) is 3.21. The van der Waals surface area contributed by atoms with Gasteiger partial charge in [0.2, 0.25) is 5.91 Å². The SMILES string of the molecule is CC(c1ccc(F)cc1)N(C)C(=O)CN1CCCCC1CCO. The molecule has 4 nitrogen and oxygen atoms in total. The van der Waals surface area contributed by atoms with E-state index < -0.39 is 0 Å². The number of likely N-dealkylation sites (tertiary alicyclic amines) is 1. The number of likely N-dealkylation sites (N-methyl/N-ethyl adjacent to an activating group) is 1. The molecule has 0 bridgehead atoms. The first-order valence-electron chi connectivity index (χ1n) is 8.39. The van der Waals surface area contributed by atoms with Crippen molar-refractivity contribution in [2.24, 2.45) is 0 Å². The lowest BCUT2D eigenvalue weighted by atomic mass is 9.99. The van der Waals surface area contributed by atoms with Crippen molar-refractivity contribution in [2.45, 2.75) is 44.7 Å². The number of hydrogen-bond donors (Lipinski definition) is 1. The predicted octanol–water partition coefficient (Wildman–Crippen LogP) is 2.58. The number of halogens is 1. The Morgan fingerprint density at radius 1 is 1.39 bits per heavy atom. The molecule has 1 amide bonds. The van der Waals surface area contributed by atoms with Gasteiger partial charge in [0, 0.05) is 19.7 Å². The van der Waals surface area contributed by atoms with Crippen molar-refractivity contribution in [2.75, 3.05) is 26.7 Å². The van der Waals surface area contributed by atoms with Crippen molar-refractivity contribution in [1.29, 1.82) is 0 Å². The number of aliphatic hydroxyl groups excluding tert-OH is 1. The number of benzene rings is 1. The van der Waals surface area contributed by atoms with E-state index in [1.54, 1.807) is 24.1 Å². The molecule has 0 radical (unpaired) electrons. The Morgan fingerprint density at radius 2 is 2.09 bits per heavy atom. The fraction of sp³-hybridized carbons (Fsp3) is 0.611. The summed E-state index contributed by atoms with van der Waals surface area (Å²) in [5.74, 6) is -0.207. The highest BCUT2D eigenvalue weighted by Crippen LogP contribution is 2.22. The lowest BCUT2D eigenvalue weighted by molar-refractivity contribution is -0.134. The summed E-state index contributed by atoms with van der Waals surface area (Å²) in [4.78, 5) is 16.5. The molecule has 128 valence electrons. The van der Waals surface area contributed by atoms with Crippen LogP contribution >= 0.6 is 0 Å². The Bertz CT molecular complexity index is 504. The Morgan fingerprint density at radius 3 is 2.74 bits per heavy atom. The van der Waals surface area contributed by atoms with Crippen molar-refractivity contribution in [3.05, 3.63) is 35.6 Å². The van der Waals surface area contributed by atoms with E-state index in [9.17, 15) is 14.3 Å². The number of hydrogen-bond acceptors (Lipinski definition) is 3. The molecule has 2 rings (SSSR count). The summed E-state index contributed by atoms with van der Waals surface area (Å²) in [5, 5.41) is 9.19. The van der Waals surface area contributed by atoms with Crippen LogP contribution in [0.5, 0.6) is 0 Å². The van der Waals surface area contributed by atoms with Crippen LogP contribution in [0.1, 0.15) is 44.2 Å². The predicted molar refractivity (Wildman–Crippen MR) is 88.5 cm³/mol. The summed E-state index contributed by atoms with van der Waals surface area (Å²) in [6.45, 7) is 3.41. The van der Waals surface area contributed by atoms with Gasteiger partial charge in [-0.1, -0.05) is 18.6 Å². The van der Waals surface area contributed by atoms with Crippen molar-refractivity contribution in [3.8, 4) is 0 Å². The molecule has 0 aromatic heterocycles. The van der Waals surface area contributed by atoms with Crippen molar-refractivity contribution >= 4 is 5.91 Å². The number of piperidine rings is 1. The Balaban J connectivity index is 1.96. The van der Waals surface area contributed by atoms with Gasteiger partial charge in [-0.05, 0) is 50.4 Å². The molecule has 1 heterocycles. The summed E-state index contributed by atoms with van der Waals surface area (Å²) in [6, 6.07) is 6.49. The normalized spacial score (nSPS) is 20.3. The average molecular weight is 322 g/mol. The van der Waals surface area contributed by atoms with Gasteiger partial charge < -0.3 is 10.0 Å². The van der Waals surface area contributed by atoms with Gasteiger partial charge in [0.15, 0.2) is 0 Å². The van der Waals surface area contributed by atoms with E-state index in [2.05, 4.69) is 4.90 Å². The van der Waals surface area contributed by atoms with Gasteiger partial charge in [-0.2, -0.15) is 0 Å². The van der Waals surface area contributed by atoms with E-state index >= 15 is 0 Å². The lowest BCUT2D eigenvalue weighted by Gasteiger charge is -2.36. The lowest BCUT2D eigenvalue weighted by Crippen LogP contribution is -2.46. The minimum atomic E-state index is -0.268. The second-order valence-electron chi connectivity index (χ2n) is 6.36. The molecule has 1 aromatic rings. The third-order valence-corrected chi connectivity index (χ3v) is 4.88. The van der Waals surface area contributed by atoms with E-state index in [1.165, 1.54) is 12.1 Å². The quantitative estimate of drug-likeness (QED) is 0.875. The van der Waals surface area contributed by atoms with Crippen molar-refractivity contribution in [1.82, 2.24) is 9.80 Å². The van der Waals surface area contributed by atoms with E-state index in [-0.39, 0.29) is 24.4 Å². The van der Waals surface area contributed by atoms with E-state index in [4.69, 9.17) is 0 Å². The molecule has 1 aliphatic heterocycles. The molecule has 23 heavy (non-hydrogen) atoms. The van der Waals surface area contributed by atoms with Gasteiger partial charge >= 0.3 is 0 Å². The van der Waals surface area contributed by atoms with Crippen LogP contribution in [0.15, 0.2) is 24.3 Å². The third kappa shape index (κ3) is 4.75. The molecule has 5 heteroatoms. The molecule has 0 spiro atoms. The van der Waals surface area contributed by atoms with E-state index in [0.717, 1.165) is 37.8 Å². The Kier molecular flexibility index (Phi) is 6.54. The van der Waals surface area contributed by atoms with Crippen LogP contribution in [-0.2, 0) is 4.79 Å². The smallest absolute Gasteiger partial charge is 0.237 e. The van der Waals surface area contributed by atoms with Crippen LogP contribution in [0.2, 0.25) is 0 Å². The molecule has 1 N–H and O–H groups in total. The molecule has 0 aliphatic carbocycles. The van der Waals surface area contributed by atoms with Gasteiger partial charge in [-0.25, -0.2) is 4.39 Å². The van der Waals surface area contributed by atoms with E-state index in [1.807, 2.05) is 6.92 Å². The minimum Gasteiger partial charge on any atom is -0.396 e. The zero-order valence-electron chi connectivity index (χ0n) is 14.0. The summed E-state index contributed by atoms with van der Waals surface area (Å²) in [6.07, 6.45) is 4.04. The highest BCUT2D eigenvalue weighted by Gasteiger charge is 2.26. The van der Waals surface area contributed by atoms with Crippen LogP contribution in [0.3, 0.4) is 0 Å². The second-order valence-corrected chi connectivity index (χ2v) is 6.36. The first-order chi connectivity index (χ1) is 11.0. The van der Waals surface area contributed by atoms with Gasteiger partial charge in [0.1, 0.15) is 5.82 Å². The van der Waals surface area contributed by atoms with Crippen LogP contribution in [-0.4, -0.2) is 53.6 Å². The van der Waals surface area contributed by atoms with Crippen LogP contribution < -0.4 is 0 Å². The molecule has 2 atom stereocenters. The Hall–Kier alpha value is -1.46. The zero-order chi connectivity index (χ0) is 16.8. The summed E-state index contributed by atoms with van der Waals surface area (Å²) in [5.41, 5.74) is 0.924. The topological polar surface area (TPSA) is 43.8 Å². The van der Waals surface area contributed by atoms with E-state index in [0.29, 0.717) is 12.6 Å². The molecular weight excluding hydrogens is 295 g/mol. The van der Waals surface area contributed by atoms with Gasteiger partial charge in [0.25, 0.3) is 0 Å². The Labute approximate surface area is 137 Å². The zero-order valence-corrected chi connectivity index (χ0v) is 14.0. The number of nitrogens with zero attached hydrogens (tertiary/aromatic N) is 2. The molecule has 1 saturated heterocycles. The molecule has 0 saturated carbocycles. The molecule has 1 aliphatic rings. The highest BCUT2D eigenvalue weighted by atomic mass is 19.1. The maximum Gasteiger partial charge on any atom is 0.237 e. The number of aliphatic hydroxyl groups is 1. The minimum absolute atomic E-state index is 0.0617. The first kappa shape index (κ1) is 17.9. The first-order valence-corrected chi connectivity index (χ1v) is 8.39. The third-order valence-electron chi connectivity index (χ3n) is 4.88. The maximum absolute atomic E-state index is 13.0. The average Bonchev–Trinajstić information content (AvgIpc) is 2.56. The van der Waals surface area contributed by atoms with Gasteiger partial charge in [-0.15, -0.1) is 0 Å². The number of carbonyl (C=O) groups is 1. The summed E-state index contributed by atoms with van der Waals surface area (Å²) < 4.78 is 13.0. The van der Waals surface area contributed by atoms with Crippen LogP contribution in [0.4, 0.5) is 4.39 Å². The van der Waals surface area contributed by atoms with Crippen molar-refractivity contribution < 1.29 is 14.3 Å². The van der Waals surface area contributed by atoms with Gasteiger partial charge in [0.05, 0.1) is 12.6 Å². The highest BCUT2D eigenvalue weighted by molar-refractivity contribution is 5.78. The standard InChI is InChI=1S/C18H27FN2O2/c1-14(15-6-8-16(19)9-7-15)20(2)18(23)13-21-11-4-3-5-17(21)10-12-22/h6-9,14,17,22H,3-5,10-13H2,1-2H3. The molecule has 2 unspecified atom stereocenters.